The van der Waals surface area contributed by atoms with Crippen LogP contribution in [0.15, 0.2) is 10.5 Å². The molecule has 0 radical (unpaired) electrons. The van der Waals surface area contributed by atoms with Crippen molar-refractivity contribution in [1.82, 2.24) is 10.0 Å². The lowest BCUT2D eigenvalue weighted by molar-refractivity contribution is 0.0695. The molecule has 7 nitrogen and oxygen atoms in total. The Labute approximate surface area is 118 Å². The number of hydrogen-bond acceptors (Lipinski definition) is 5. The van der Waals surface area contributed by atoms with Gasteiger partial charge < -0.3 is 14.8 Å². The molecule has 0 saturated heterocycles. The summed E-state index contributed by atoms with van der Waals surface area (Å²) in [6, 6.07) is 1.46. The highest BCUT2D eigenvalue weighted by Crippen LogP contribution is 2.14. The largest absolute Gasteiger partial charge is 0.478 e. The van der Waals surface area contributed by atoms with Crippen molar-refractivity contribution in [3.63, 3.8) is 0 Å². The van der Waals surface area contributed by atoms with Gasteiger partial charge in [-0.15, -0.1) is 0 Å². The summed E-state index contributed by atoms with van der Waals surface area (Å²) in [5.74, 6) is -0.186. The lowest BCUT2D eigenvalue weighted by Crippen LogP contribution is -2.49. The number of sulfonamides is 1. The van der Waals surface area contributed by atoms with Gasteiger partial charge in [0.2, 0.25) is 10.0 Å². The maximum absolute atomic E-state index is 11.2. The van der Waals surface area contributed by atoms with Crippen LogP contribution in [0.2, 0.25) is 0 Å². The molecule has 114 valence electrons. The Bertz CT molecular complexity index is 589. The molecule has 0 unspecified atom stereocenters. The Kier molecular flexibility index (Phi) is 4.95. The van der Waals surface area contributed by atoms with Crippen molar-refractivity contribution in [2.45, 2.75) is 32.9 Å². The number of rotatable bonds is 7. The third-order valence-corrected chi connectivity index (χ3v) is 3.45. The summed E-state index contributed by atoms with van der Waals surface area (Å²) >= 11 is 0. The molecular formula is C12H20N2O5S. The van der Waals surface area contributed by atoms with Crippen molar-refractivity contribution < 1.29 is 22.7 Å². The first kappa shape index (κ1) is 16.7. The maximum Gasteiger partial charge on any atom is 0.339 e. The van der Waals surface area contributed by atoms with Crippen molar-refractivity contribution in [2.75, 3.05) is 12.8 Å². The van der Waals surface area contributed by atoms with Gasteiger partial charge in [-0.1, -0.05) is 0 Å². The monoisotopic (exact) mass is 304 g/mol. The fraction of sp³-hybridized carbons (Fsp3) is 0.583. The first-order chi connectivity index (χ1) is 9.00. The van der Waals surface area contributed by atoms with E-state index < -0.39 is 21.5 Å². The number of furan rings is 1. The number of aryl methyl sites for hydroxylation is 1. The van der Waals surface area contributed by atoms with E-state index in [0.717, 1.165) is 6.26 Å². The molecule has 0 bridgehead atoms. The number of hydrogen-bond donors (Lipinski definition) is 3. The topological polar surface area (TPSA) is 109 Å². The van der Waals surface area contributed by atoms with Crippen LogP contribution in [0.3, 0.4) is 0 Å². The van der Waals surface area contributed by atoms with Crippen molar-refractivity contribution >= 4 is 16.0 Å². The van der Waals surface area contributed by atoms with Gasteiger partial charge >= 0.3 is 5.97 Å². The van der Waals surface area contributed by atoms with Gasteiger partial charge in [-0.25, -0.2) is 17.9 Å². The van der Waals surface area contributed by atoms with Gasteiger partial charge in [0.15, 0.2) is 0 Å². The molecule has 1 heterocycles. The average molecular weight is 304 g/mol. The highest BCUT2D eigenvalue weighted by Gasteiger charge is 2.22. The zero-order chi connectivity index (χ0) is 15.6. The molecule has 3 N–H and O–H groups in total. The second-order valence-electron chi connectivity index (χ2n) is 5.35. The minimum atomic E-state index is -3.28. The van der Waals surface area contributed by atoms with Gasteiger partial charge in [-0.05, 0) is 26.8 Å². The summed E-state index contributed by atoms with van der Waals surface area (Å²) in [7, 11) is -3.28. The maximum atomic E-state index is 11.2. The molecule has 0 aliphatic rings. The van der Waals surface area contributed by atoms with Crippen molar-refractivity contribution in [3.8, 4) is 0 Å². The molecule has 20 heavy (non-hydrogen) atoms. The smallest absolute Gasteiger partial charge is 0.339 e. The molecule has 0 fully saturated rings. The summed E-state index contributed by atoms with van der Waals surface area (Å²) in [6.45, 7) is 5.78. The lowest BCUT2D eigenvalue weighted by atomic mass is 10.1. The summed E-state index contributed by atoms with van der Waals surface area (Å²) in [5.41, 5.74) is -0.513. The molecule has 1 aromatic rings. The van der Waals surface area contributed by atoms with Gasteiger partial charge in [-0.2, -0.15) is 0 Å². The van der Waals surface area contributed by atoms with Crippen LogP contribution in [-0.4, -0.2) is 37.8 Å². The molecule has 0 aromatic carbocycles. The normalized spacial score (nSPS) is 12.6. The predicted molar refractivity (Wildman–Crippen MR) is 74.2 cm³/mol. The molecule has 0 spiro atoms. The van der Waals surface area contributed by atoms with E-state index in [1.54, 1.807) is 20.8 Å². The van der Waals surface area contributed by atoms with Crippen LogP contribution in [-0.2, 0) is 16.6 Å². The summed E-state index contributed by atoms with van der Waals surface area (Å²) in [6.07, 6.45) is 1.10. The molecule has 8 heteroatoms. The second kappa shape index (κ2) is 5.94. The zero-order valence-electron chi connectivity index (χ0n) is 12.0. The Balaban J connectivity index is 2.56. The third-order valence-electron chi connectivity index (χ3n) is 2.53. The second-order valence-corrected chi connectivity index (χ2v) is 7.10. The zero-order valence-corrected chi connectivity index (χ0v) is 12.8. The summed E-state index contributed by atoms with van der Waals surface area (Å²) in [5, 5.41) is 11.9. The highest BCUT2D eigenvalue weighted by molar-refractivity contribution is 7.88. The number of nitrogens with one attached hydrogen (secondary N) is 2. The SMILES string of the molecule is Cc1oc(CNCC(C)(C)NS(C)(=O)=O)cc1C(=O)O. The minimum Gasteiger partial charge on any atom is -0.478 e. The van der Waals surface area contributed by atoms with Crippen LogP contribution in [0, 0.1) is 6.92 Å². The fourth-order valence-electron chi connectivity index (χ4n) is 1.88. The fourth-order valence-corrected chi connectivity index (χ4v) is 2.96. The molecule has 1 rings (SSSR count). The van der Waals surface area contributed by atoms with Crippen LogP contribution in [0.5, 0.6) is 0 Å². The number of carboxylic acid groups (broad SMARTS) is 1. The number of aromatic carboxylic acids is 1. The van der Waals surface area contributed by atoms with E-state index in [9.17, 15) is 13.2 Å². The quantitative estimate of drug-likeness (QED) is 0.684. The Hall–Kier alpha value is -1.38. The lowest BCUT2D eigenvalue weighted by Gasteiger charge is -2.25. The molecule has 0 aliphatic heterocycles. The standard InChI is InChI=1S/C12H20N2O5S/c1-8-10(11(15)16)5-9(19-8)6-13-7-12(2,3)14-20(4,17)18/h5,13-14H,6-7H2,1-4H3,(H,15,16). The molecule has 0 amide bonds. The van der Waals surface area contributed by atoms with Gasteiger partial charge in [0, 0.05) is 12.1 Å². The van der Waals surface area contributed by atoms with Gasteiger partial charge in [0.05, 0.1) is 12.8 Å². The summed E-state index contributed by atoms with van der Waals surface area (Å²) < 4.78 is 30.2. The Morgan fingerprint density at radius 3 is 2.50 bits per heavy atom. The van der Waals surface area contributed by atoms with E-state index in [-0.39, 0.29) is 5.56 Å². The number of carbonyl (C=O) groups is 1. The molecule has 1 aromatic heterocycles. The molecule has 0 saturated carbocycles. The van der Waals surface area contributed by atoms with Gasteiger partial charge in [-0.3, -0.25) is 0 Å². The van der Waals surface area contributed by atoms with Crippen LogP contribution in [0.4, 0.5) is 0 Å². The first-order valence-electron chi connectivity index (χ1n) is 6.02. The highest BCUT2D eigenvalue weighted by atomic mass is 32.2. The van der Waals surface area contributed by atoms with Crippen LogP contribution in [0.25, 0.3) is 0 Å². The van der Waals surface area contributed by atoms with E-state index >= 15 is 0 Å². The van der Waals surface area contributed by atoms with Crippen molar-refractivity contribution in [1.29, 1.82) is 0 Å². The third kappa shape index (κ3) is 5.32. The molecule has 0 aliphatic carbocycles. The van der Waals surface area contributed by atoms with Crippen molar-refractivity contribution in [2.24, 2.45) is 0 Å². The van der Waals surface area contributed by atoms with Gasteiger partial charge in [0.25, 0.3) is 0 Å². The average Bonchev–Trinajstić information content (AvgIpc) is 2.55. The van der Waals surface area contributed by atoms with Gasteiger partial charge in [0.1, 0.15) is 17.1 Å². The molecule has 0 atom stereocenters. The van der Waals surface area contributed by atoms with E-state index in [2.05, 4.69) is 10.0 Å². The van der Waals surface area contributed by atoms with E-state index in [0.29, 0.717) is 24.6 Å². The number of carboxylic acids is 1. The van der Waals surface area contributed by atoms with E-state index in [4.69, 9.17) is 9.52 Å². The minimum absolute atomic E-state index is 0.135. The Morgan fingerprint density at radius 2 is 2.05 bits per heavy atom. The van der Waals surface area contributed by atoms with E-state index in [1.807, 2.05) is 0 Å². The van der Waals surface area contributed by atoms with Crippen LogP contribution >= 0.6 is 0 Å². The molecular weight excluding hydrogens is 284 g/mol. The predicted octanol–water partition coefficient (Wildman–Crippen LogP) is 0.704. The van der Waals surface area contributed by atoms with E-state index in [1.165, 1.54) is 6.07 Å². The van der Waals surface area contributed by atoms with Crippen LogP contribution < -0.4 is 10.0 Å². The van der Waals surface area contributed by atoms with Crippen LogP contribution in [0.1, 0.15) is 35.7 Å². The van der Waals surface area contributed by atoms with Crippen molar-refractivity contribution in [3.05, 3.63) is 23.2 Å². The Morgan fingerprint density at radius 1 is 1.45 bits per heavy atom. The summed E-state index contributed by atoms with van der Waals surface area (Å²) in [4.78, 5) is 10.9. The first-order valence-corrected chi connectivity index (χ1v) is 7.91.